The van der Waals surface area contributed by atoms with Gasteiger partial charge in [-0.3, -0.25) is 9.69 Å². The molecule has 0 aliphatic carbocycles. The van der Waals surface area contributed by atoms with Crippen molar-refractivity contribution in [2.75, 3.05) is 39.3 Å². The van der Waals surface area contributed by atoms with Gasteiger partial charge in [-0.25, -0.2) is 4.79 Å². The molecule has 0 atom stereocenters. The van der Waals surface area contributed by atoms with Crippen LogP contribution in [0, 0.1) is 0 Å². The van der Waals surface area contributed by atoms with Gasteiger partial charge in [0.25, 0.3) is 0 Å². The lowest BCUT2D eigenvalue weighted by molar-refractivity contribution is -0.130. The largest absolute Gasteiger partial charge is 0.490 e. The van der Waals surface area contributed by atoms with Gasteiger partial charge in [0.05, 0.1) is 0 Å². The van der Waals surface area contributed by atoms with Crippen LogP contribution in [0.1, 0.15) is 16.6 Å². The van der Waals surface area contributed by atoms with E-state index in [0.29, 0.717) is 12.4 Å². The van der Waals surface area contributed by atoms with Crippen LogP contribution in [0.5, 0.6) is 5.75 Å². The molecule has 1 fully saturated rings. The number of amides is 1. The average Bonchev–Trinajstić information content (AvgIpc) is 2.88. The van der Waals surface area contributed by atoms with Crippen LogP contribution in [0.15, 0.2) is 11.4 Å². The molecule has 1 aliphatic rings. The zero-order valence-electron chi connectivity index (χ0n) is 11.4. The molecular weight excluding hydrogens is 280 g/mol. The Morgan fingerprint density at radius 1 is 1.35 bits per heavy atom. The Bertz CT molecular complexity index is 480. The van der Waals surface area contributed by atoms with Gasteiger partial charge in [0.2, 0.25) is 5.91 Å². The monoisotopic (exact) mass is 298 g/mol. The van der Waals surface area contributed by atoms with Crippen LogP contribution >= 0.6 is 11.3 Å². The van der Waals surface area contributed by atoms with Gasteiger partial charge in [-0.15, -0.1) is 11.3 Å². The van der Waals surface area contributed by atoms with E-state index in [0.717, 1.165) is 44.1 Å². The summed E-state index contributed by atoms with van der Waals surface area (Å²) in [6.07, 6.45) is 0. The highest BCUT2D eigenvalue weighted by Crippen LogP contribution is 2.24. The third-order valence-corrected chi connectivity index (χ3v) is 4.19. The number of carboxylic acid groups (broad SMARTS) is 1. The zero-order valence-corrected chi connectivity index (χ0v) is 12.2. The van der Waals surface area contributed by atoms with Crippen molar-refractivity contribution in [1.29, 1.82) is 0 Å². The molecule has 0 unspecified atom stereocenters. The minimum atomic E-state index is -0.954. The molecule has 1 aromatic heterocycles. The Hall–Kier alpha value is -1.60. The zero-order chi connectivity index (χ0) is 14.5. The lowest BCUT2D eigenvalue weighted by Crippen LogP contribution is -2.48. The topological polar surface area (TPSA) is 70.1 Å². The summed E-state index contributed by atoms with van der Waals surface area (Å²) in [7, 11) is 0. The quantitative estimate of drug-likeness (QED) is 0.878. The molecule has 20 heavy (non-hydrogen) atoms. The number of hydrogen-bond donors (Lipinski definition) is 1. The molecule has 1 aromatic rings. The van der Waals surface area contributed by atoms with Crippen LogP contribution in [0.2, 0.25) is 0 Å². The molecule has 1 N–H and O–H groups in total. The maximum Gasteiger partial charge on any atom is 0.349 e. The number of aromatic carboxylic acids is 1. The van der Waals surface area contributed by atoms with Crippen LogP contribution in [0.3, 0.4) is 0 Å². The highest BCUT2D eigenvalue weighted by Gasteiger charge is 2.18. The van der Waals surface area contributed by atoms with Crippen molar-refractivity contribution in [3.63, 3.8) is 0 Å². The van der Waals surface area contributed by atoms with E-state index >= 15 is 0 Å². The van der Waals surface area contributed by atoms with Gasteiger partial charge in [-0.05, 0) is 11.4 Å². The Morgan fingerprint density at radius 3 is 2.65 bits per heavy atom. The van der Waals surface area contributed by atoms with Crippen molar-refractivity contribution in [1.82, 2.24) is 9.80 Å². The van der Waals surface area contributed by atoms with E-state index in [1.165, 1.54) is 0 Å². The number of hydrogen-bond acceptors (Lipinski definition) is 5. The summed E-state index contributed by atoms with van der Waals surface area (Å²) in [6.45, 7) is 5.93. The van der Waals surface area contributed by atoms with Gasteiger partial charge in [0.1, 0.15) is 12.4 Å². The molecule has 0 aromatic carbocycles. The molecule has 0 saturated carbocycles. The third kappa shape index (κ3) is 3.71. The lowest BCUT2D eigenvalue weighted by Gasteiger charge is -2.33. The summed E-state index contributed by atoms with van der Waals surface area (Å²) in [5.74, 6) is -0.403. The van der Waals surface area contributed by atoms with Crippen molar-refractivity contribution >= 4 is 23.2 Å². The third-order valence-electron chi connectivity index (χ3n) is 3.31. The summed E-state index contributed by atoms with van der Waals surface area (Å²) in [5.41, 5.74) is 0. The van der Waals surface area contributed by atoms with Crippen LogP contribution in [-0.2, 0) is 4.79 Å². The first-order valence-electron chi connectivity index (χ1n) is 6.49. The number of rotatable bonds is 5. The standard InChI is InChI=1S/C13H18N2O4S/c1-10(16)15-5-3-14(4-6-15)7-8-19-11-2-9-20-12(11)13(17)18/h2,9H,3-8H2,1H3,(H,17,18). The van der Waals surface area contributed by atoms with Crippen LogP contribution in [0.4, 0.5) is 0 Å². The maximum absolute atomic E-state index is 11.2. The molecule has 0 bridgehead atoms. The van der Waals surface area contributed by atoms with E-state index in [-0.39, 0.29) is 10.8 Å². The summed E-state index contributed by atoms with van der Waals surface area (Å²) in [5, 5.41) is 10.7. The highest BCUT2D eigenvalue weighted by molar-refractivity contribution is 7.12. The van der Waals surface area contributed by atoms with Gasteiger partial charge in [0, 0.05) is 39.6 Å². The van der Waals surface area contributed by atoms with E-state index in [1.807, 2.05) is 4.90 Å². The van der Waals surface area contributed by atoms with Crippen molar-refractivity contribution in [2.24, 2.45) is 0 Å². The number of nitrogens with zero attached hydrogens (tertiary/aromatic N) is 2. The molecule has 1 amide bonds. The number of carbonyl (C=O) groups is 2. The fourth-order valence-corrected chi connectivity index (χ4v) is 2.81. The maximum atomic E-state index is 11.2. The normalized spacial score (nSPS) is 16.1. The first-order chi connectivity index (χ1) is 9.58. The summed E-state index contributed by atoms with van der Waals surface area (Å²) >= 11 is 1.16. The number of piperazine rings is 1. The van der Waals surface area contributed by atoms with E-state index in [4.69, 9.17) is 9.84 Å². The highest BCUT2D eigenvalue weighted by atomic mass is 32.1. The molecule has 110 valence electrons. The minimum Gasteiger partial charge on any atom is -0.490 e. The second kappa shape index (κ2) is 6.71. The van der Waals surface area contributed by atoms with Crippen molar-refractivity contribution in [2.45, 2.75) is 6.92 Å². The molecular formula is C13H18N2O4S. The predicted molar refractivity (Wildman–Crippen MR) is 75.5 cm³/mol. The summed E-state index contributed by atoms with van der Waals surface area (Å²) < 4.78 is 5.52. The van der Waals surface area contributed by atoms with E-state index < -0.39 is 5.97 Å². The molecule has 1 saturated heterocycles. The SMILES string of the molecule is CC(=O)N1CCN(CCOc2ccsc2C(=O)O)CC1. The average molecular weight is 298 g/mol. The summed E-state index contributed by atoms with van der Waals surface area (Å²) in [6, 6.07) is 1.68. The van der Waals surface area contributed by atoms with Crippen molar-refractivity contribution < 1.29 is 19.4 Å². The van der Waals surface area contributed by atoms with Crippen LogP contribution in [-0.4, -0.2) is 66.1 Å². The van der Waals surface area contributed by atoms with Crippen molar-refractivity contribution in [3.05, 3.63) is 16.3 Å². The first kappa shape index (κ1) is 14.8. The summed E-state index contributed by atoms with van der Waals surface area (Å²) in [4.78, 5) is 26.4. The number of ether oxygens (including phenoxy) is 1. The van der Waals surface area contributed by atoms with Gasteiger partial charge >= 0.3 is 5.97 Å². The molecule has 7 heteroatoms. The molecule has 2 rings (SSSR count). The smallest absolute Gasteiger partial charge is 0.349 e. The number of thiophene rings is 1. The lowest BCUT2D eigenvalue weighted by atomic mass is 10.3. The van der Waals surface area contributed by atoms with Gasteiger partial charge in [0.15, 0.2) is 4.88 Å². The van der Waals surface area contributed by atoms with Gasteiger partial charge < -0.3 is 14.7 Å². The Morgan fingerprint density at radius 2 is 2.05 bits per heavy atom. The minimum absolute atomic E-state index is 0.116. The molecule has 2 heterocycles. The Balaban J connectivity index is 1.73. The van der Waals surface area contributed by atoms with Crippen molar-refractivity contribution in [3.8, 4) is 5.75 Å². The predicted octanol–water partition coefficient (Wildman–Crippen LogP) is 0.989. The van der Waals surface area contributed by atoms with Crippen LogP contribution < -0.4 is 4.74 Å². The van der Waals surface area contributed by atoms with Crippen LogP contribution in [0.25, 0.3) is 0 Å². The molecule has 6 nitrogen and oxygen atoms in total. The fraction of sp³-hybridized carbons (Fsp3) is 0.538. The fourth-order valence-electron chi connectivity index (χ4n) is 2.14. The molecule has 0 spiro atoms. The Kier molecular flexibility index (Phi) is 4.97. The van der Waals surface area contributed by atoms with E-state index in [2.05, 4.69) is 4.90 Å². The number of carbonyl (C=O) groups excluding carboxylic acids is 1. The molecule has 0 radical (unpaired) electrons. The number of carboxylic acids is 1. The van der Waals surface area contributed by atoms with Gasteiger partial charge in [-0.2, -0.15) is 0 Å². The van der Waals surface area contributed by atoms with Gasteiger partial charge in [-0.1, -0.05) is 0 Å². The van der Waals surface area contributed by atoms with E-state index in [1.54, 1.807) is 18.4 Å². The first-order valence-corrected chi connectivity index (χ1v) is 7.37. The second-order valence-corrected chi connectivity index (χ2v) is 5.53. The second-order valence-electron chi connectivity index (χ2n) is 4.62. The molecule has 1 aliphatic heterocycles. The Labute approximate surface area is 121 Å². The van der Waals surface area contributed by atoms with E-state index in [9.17, 15) is 9.59 Å².